The SMILES string of the molecule is COc1ccc(F)cc1C(C)(C)CON. The van der Waals surface area contributed by atoms with Crippen LogP contribution >= 0.6 is 0 Å². The molecule has 1 rings (SSSR count). The van der Waals surface area contributed by atoms with E-state index < -0.39 is 0 Å². The van der Waals surface area contributed by atoms with Gasteiger partial charge < -0.3 is 9.57 Å². The normalized spacial score (nSPS) is 11.5. The van der Waals surface area contributed by atoms with Crippen molar-refractivity contribution in [3.05, 3.63) is 29.6 Å². The molecule has 0 aliphatic carbocycles. The Bertz CT molecular complexity index is 339. The average molecular weight is 213 g/mol. The lowest BCUT2D eigenvalue weighted by Crippen LogP contribution is -2.27. The summed E-state index contributed by atoms with van der Waals surface area (Å²) in [5, 5.41) is 0. The van der Waals surface area contributed by atoms with Crippen LogP contribution in [0, 0.1) is 5.82 Å². The van der Waals surface area contributed by atoms with E-state index in [1.54, 1.807) is 13.2 Å². The molecule has 0 saturated heterocycles. The van der Waals surface area contributed by atoms with Gasteiger partial charge in [-0.1, -0.05) is 13.8 Å². The lowest BCUT2D eigenvalue weighted by Gasteiger charge is -2.25. The van der Waals surface area contributed by atoms with Crippen LogP contribution in [0.3, 0.4) is 0 Å². The quantitative estimate of drug-likeness (QED) is 0.778. The Morgan fingerprint density at radius 1 is 1.40 bits per heavy atom. The lowest BCUT2D eigenvalue weighted by atomic mass is 9.85. The first-order valence-corrected chi connectivity index (χ1v) is 4.67. The molecule has 1 aromatic carbocycles. The Morgan fingerprint density at radius 3 is 2.60 bits per heavy atom. The molecular formula is C11H16FNO2. The molecule has 0 heterocycles. The van der Waals surface area contributed by atoms with Gasteiger partial charge in [0.25, 0.3) is 0 Å². The molecule has 0 aromatic heterocycles. The van der Waals surface area contributed by atoms with Crippen molar-refractivity contribution in [1.29, 1.82) is 0 Å². The molecule has 0 fully saturated rings. The van der Waals surface area contributed by atoms with Crippen LogP contribution in [0.25, 0.3) is 0 Å². The highest BCUT2D eigenvalue weighted by atomic mass is 19.1. The summed E-state index contributed by atoms with van der Waals surface area (Å²) in [5.41, 5.74) is 0.359. The van der Waals surface area contributed by atoms with Gasteiger partial charge in [-0.25, -0.2) is 10.3 Å². The second kappa shape index (κ2) is 4.59. The molecule has 0 amide bonds. The van der Waals surface area contributed by atoms with E-state index in [1.807, 2.05) is 13.8 Å². The highest BCUT2D eigenvalue weighted by Crippen LogP contribution is 2.32. The molecule has 0 bridgehead atoms. The third-order valence-corrected chi connectivity index (χ3v) is 2.33. The van der Waals surface area contributed by atoms with Crippen LogP contribution in [0.4, 0.5) is 4.39 Å². The number of hydrogen-bond donors (Lipinski definition) is 1. The van der Waals surface area contributed by atoms with Gasteiger partial charge in [0, 0.05) is 11.0 Å². The van der Waals surface area contributed by atoms with Gasteiger partial charge in [-0.2, -0.15) is 0 Å². The topological polar surface area (TPSA) is 44.5 Å². The van der Waals surface area contributed by atoms with Crippen molar-refractivity contribution in [2.24, 2.45) is 5.90 Å². The number of rotatable bonds is 4. The van der Waals surface area contributed by atoms with Gasteiger partial charge >= 0.3 is 0 Å². The Balaban J connectivity index is 3.15. The minimum atomic E-state index is -0.387. The summed E-state index contributed by atoms with van der Waals surface area (Å²) in [6.07, 6.45) is 0. The Morgan fingerprint density at radius 2 is 2.07 bits per heavy atom. The molecule has 84 valence electrons. The minimum Gasteiger partial charge on any atom is -0.496 e. The summed E-state index contributed by atoms with van der Waals surface area (Å²) in [4.78, 5) is 4.62. The van der Waals surface area contributed by atoms with Gasteiger partial charge in [0.15, 0.2) is 0 Å². The van der Waals surface area contributed by atoms with Crippen molar-refractivity contribution in [2.45, 2.75) is 19.3 Å². The van der Waals surface area contributed by atoms with Crippen molar-refractivity contribution < 1.29 is 14.0 Å². The summed E-state index contributed by atoms with van der Waals surface area (Å²) < 4.78 is 18.3. The van der Waals surface area contributed by atoms with Crippen LogP contribution in [0.5, 0.6) is 5.75 Å². The summed E-state index contributed by atoms with van der Waals surface area (Å²) >= 11 is 0. The summed E-state index contributed by atoms with van der Waals surface area (Å²) in [5.74, 6) is 5.39. The van der Waals surface area contributed by atoms with Crippen molar-refractivity contribution in [3.63, 3.8) is 0 Å². The Labute approximate surface area is 88.9 Å². The number of nitrogens with two attached hydrogens (primary N) is 1. The summed E-state index contributed by atoms with van der Waals surface area (Å²) in [6.45, 7) is 4.13. The highest BCUT2D eigenvalue weighted by molar-refractivity contribution is 5.39. The van der Waals surface area contributed by atoms with E-state index in [-0.39, 0.29) is 11.2 Å². The predicted octanol–water partition coefficient (Wildman–Crippen LogP) is 2.00. The third-order valence-electron chi connectivity index (χ3n) is 2.33. The maximum atomic E-state index is 13.1. The molecule has 0 spiro atoms. The fraction of sp³-hybridized carbons (Fsp3) is 0.455. The number of benzene rings is 1. The molecule has 4 heteroatoms. The van der Waals surface area contributed by atoms with Gasteiger partial charge in [0.2, 0.25) is 0 Å². The largest absolute Gasteiger partial charge is 0.496 e. The number of halogens is 1. The molecule has 1 aromatic rings. The maximum absolute atomic E-state index is 13.1. The molecule has 2 N–H and O–H groups in total. The molecule has 0 aliphatic heterocycles. The monoisotopic (exact) mass is 213 g/mol. The molecule has 0 radical (unpaired) electrons. The van der Waals surface area contributed by atoms with E-state index in [9.17, 15) is 4.39 Å². The van der Waals surface area contributed by atoms with Crippen molar-refractivity contribution in [3.8, 4) is 5.75 Å². The van der Waals surface area contributed by atoms with Crippen LogP contribution in [0.15, 0.2) is 18.2 Å². The van der Waals surface area contributed by atoms with Gasteiger partial charge in [0.05, 0.1) is 13.7 Å². The molecule has 0 atom stereocenters. The second-order valence-electron chi connectivity index (χ2n) is 4.04. The first-order chi connectivity index (χ1) is 7.01. The first-order valence-electron chi connectivity index (χ1n) is 4.67. The van der Waals surface area contributed by atoms with Crippen molar-refractivity contribution in [1.82, 2.24) is 0 Å². The smallest absolute Gasteiger partial charge is 0.123 e. The van der Waals surface area contributed by atoms with Gasteiger partial charge in [-0.15, -0.1) is 0 Å². The van der Waals surface area contributed by atoms with Crippen molar-refractivity contribution in [2.75, 3.05) is 13.7 Å². The molecule has 0 saturated carbocycles. The number of methoxy groups -OCH3 is 1. The predicted molar refractivity (Wildman–Crippen MR) is 56.1 cm³/mol. The Kier molecular flexibility index (Phi) is 3.66. The Hall–Kier alpha value is -1.13. The van der Waals surface area contributed by atoms with E-state index in [4.69, 9.17) is 10.6 Å². The molecule has 0 unspecified atom stereocenters. The van der Waals surface area contributed by atoms with E-state index >= 15 is 0 Å². The highest BCUT2D eigenvalue weighted by Gasteiger charge is 2.25. The average Bonchev–Trinajstić information content (AvgIpc) is 2.17. The van der Waals surface area contributed by atoms with Crippen LogP contribution < -0.4 is 10.6 Å². The lowest BCUT2D eigenvalue weighted by molar-refractivity contribution is 0.0953. The number of ether oxygens (including phenoxy) is 1. The van der Waals surface area contributed by atoms with Gasteiger partial charge in [0.1, 0.15) is 11.6 Å². The third kappa shape index (κ3) is 2.67. The van der Waals surface area contributed by atoms with E-state index in [0.29, 0.717) is 12.4 Å². The zero-order valence-electron chi connectivity index (χ0n) is 9.21. The fourth-order valence-corrected chi connectivity index (χ4v) is 1.50. The molecule has 0 aliphatic rings. The molecule has 15 heavy (non-hydrogen) atoms. The minimum absolute atomic E-state index is 0.295. The van der Waals surface area contributed by atoms with Gasteiger partial charge in [-0.3, -0.25) is 0 Å². The standard InChI is InChI=1S/C11H16FNO2/c1-11(2,7-15-13)9-6-8(12)4-5-10(9)14-3/h4-6H,7,13H2,1-3H3. The van der Waals surface area contributed by atoms with Crippen molar-refractivity contribution >= 4 is 0 Å². The van der Waals surface area contributed by atoms with E-state index in [0.717, 1.165) is 5.56 Å². The zero-order valence-corrected chi connectivity index (χ0v) is 9.21. The van der Waals surface area contributed by atoms with Crippen LogP contribution in [0.1, 0.15) is 19.4 Å². The zero-order chi connectivity index (χ0) is 11.5. The second-order valence-corrected chi connectivity index (χ2v) is 4.04. The fourth-order valence-electron chi connectivity index (χ4n) is 1.50. The first kappa shape index (κ1) is 11.9. The van der Waals surface area contributed by atoms with Crippen LogP contribution in [-0.4, -0.2) is 13.7 Å². The van der Waals surface area contributed by atoms with Crippen LogP contribution in [-0.2, 0) is 10.3 Å². The number of hydrogen-bond acceptors (Lipinski definition) is 3. The van der Waals surface area contributed by atoms with E-state index in [1.165, 1.54) is 12.1 Å². The molecule has 3 nitrogen and oxygen atoms in total. The maximum Gasteiger partial charge on any atom is 0.123 e. The van der Waals surface area contributed by atoms with Gasteiger partial charge in [-0.05, 0) is 18.2 Å². The van der Waals surface area contributed by atoms with E-state index in [2.05, 4.69) is 4.84 Å². The molecular weight excluding hydrogens is 197 g/mol. The summed E-state index contributed by atoms with van der Waals surface area (Å²) in [6, 6.07) is 4.41. The summed E-state index contributed by atoms with van der Waals surface area (Å²) in [7, 11) is 1.55. The van der Waals surface area contributed by atoms with Crippen LogP contribution in [0.2, 0.25) is 0 Å².